The first kappa shape index (κ1) is 14.6. The van der Waals surface area contributed by atoms with Crippen molar-refractivity contribution in [1.82, 2.24) is 9.27 Å². The molecule has 2 aromatic rings. The number of benzene rings is 1. The second-order valence-electron chi connectivity index (χ2n) is 5.71. The van der Waals surface area contributed by atoms with Gasteiger partial charge >= 0.3 is 0 Å². The van der Waals surface area contributed by atoms with Gasteiger partial charge < -0.3 is 4.90 Å². The number of sulfonamides is 1. The molecule has 1 aromatic carbocycles. The molecule has 0 bridgehead atoms. The number of amides is 1. The Morgan fingerprint density at radius 3 is 2.74 bits per heavy atom. The maximum atomic E-state index is 12.8. The largest absolute Gasteiger partial charge is 0.334 e. The van der Waals surface area contributed by atoms with Gasteiger partial charge in [0.2, 0.25) is 10.0 Å². The van der Waals surface area contributed by atoms with Crippen molar-refractivity contribution in [2.24, 2.45) is 0 Å². The fourth-order valence-electron chi connectivity index (χ4n) is 3.03. The zero-order valence-corrected chi connectivity index (χ0v) is 13.9. The molecule has 0 N–H and O–H groups in total. The predicted molar refractivity (Wildman–Crippen MR) is 88.2 cm³/mol. The molecule has 0 atom stereocenters. The number of nitrogens with zero attached hydrogens (tertiary/aromatic N) is 3. The first-order valence-electron chi connectivity index (χ1n) is 7.36. The Labute approximate surface area is 138 Å². The van der Waals surface area contributed by atoms with Crippen LogP contribution in [0.4, 0.5) is 5.69 Å². The molecule has 0 aliphatic carbocycles. The third-order valence-corrected chi connectivity index (χ3v) is 7.06. The minimum atomic E-state index is -3.43. The normalized spacial score (nSPS) is 17.9. The van der Waals surface area contributed by atoms with Crippen molar-refractivity contribution in [3.05, 3.63) is 47.0 Å². The molecular weight excluding hydrogens is 334 g/mol. The standard InChI is InChI=1S/C15H15N3O3S2/c19-15(13-6-8-22-16-13)17-9-12(10-17)23(20,21)18-7-5-11-3-1-2-4-14(11)18/h1-4,6,8,12H,5,7,9-10H2. The van der Waals surface area contributed by atoms with Crippen LogP contribution in [-0.4, -0.2) is 48.5 Å². The van der Waals surface area contributed by atoms with Crippen LogP contribution >= 0.6 is 11.5 Å². The average Bonchev–Trinajstić information content (AvgIpc) is 3.15. The molecule has 8 heteroatoms. The monoisotopic (exact) mass is 349 g/mol. The summed E-state index contributed by atoms with van der Waals surface area (Å²) in [6.07, 6.45) is 0.740. The predicted octanol–water partition coefficient (Wildman–Crippen LogP) is 1.36. The average molecular weight is 349 g/mol. The maximum absolute atomic E-state index is 12.8. The van der Waals surface area contributed by atoms with Crippen LogP contribution in [-0.2, 0) is 16.4 Å². The number of carbonyl (C=O) groups excluding carboxylic acids is 1. The van der Waals surface area contributed by atoms with Crippen LogP contribution in [0.2, 0.25) is 0 Å². The van der Waals surface area contributed by atoms with E-state index in [1.54, 1.807) is 16.3 Å². The number of aromatic nitrogens is 1. The number of rotatable bonds is 3. The molecule has 4 rings (SSSR count). The molecule has 1 amide bonds. The highest BCUT2D eigenvalue weighted by Gasteiger charge is 2.44. The van der Waals surface area contributed by atoms with Crippen molar-refractivity contribution in [3.63, 3.8) is 0 Å². The number of anilines is 1. The number of hydrogen-bond acceptors (Lipinski definition) is 5. The zero-order chi connectivity index (χ0) is 16.0. The Morgan fingerprint density at radius 2 is 2.00 bits per heavy atom. The van der Waals surface area contributed by atoms with Crippen LogP contribution in [0.5, 0.6) is 0 Å². The van der Waals surface area contributed by atoms with E-state index in [2.05, 4.69) is 4.37 Å². The van der Waals surface area contributed by atoms with Crippen LogP contribution in [0.3, 0.4) is 0 Å². The van der Waals surface area contributed by atoms with E-state index in [0.29, 0.717) is 12.2 Å². The van der Waals surface area contributed by atoms with E-state index in [1.807, 2.05) is 24.3 Å². The first-order valence-corrected chi connectivity index (χ1v) is 9.70. The lowest BCUT2D eigenvalue weighted by molar-refractivity contribution is 0.0654. The summed E-state index contributed by atoms with van der Waals surface area (Å²) in [5, 5.41) is 1.21. The Hall–Kier alpha value is -1.93. The van der Waals surface area contributed by atoms with Crippen molar-refractivity contribution in [2.45, 2.75) is 11.7 Å². The van der Waals surface area contributed by atoms with Crippen LogP contribution in [0.1, 0.15) is 16.1 Å². The van der Waals surface area contributed by atoms with Crippen LogP contribution < -0.4 is 4.31 Å². The summed E-state index contributed by atoms with van der Waals surface area (Å²) in [6.45, 7) is 0.951. The number of para-hydroxylation sites is 1. The second-order valence-corrected chi connectivity index (χ2v) is 8.52. The molecule has 6 nitrogen and oxygen atoms in total. The fraction of sp³-hybridized carbons (Fsp3) is 0.333. The van der Waals surface area contributed by atoms with E-state index in [0.717, 1.165) is 17.7 Å². The van der Waals surface area contributed by atoms with Crippen LogP contribution in [0.15, 0.2) is 35.7 Å². The lowest BCUT2D eigenvalue weighted by Crippen LogP contribution is -2.60. The lowest BCUT2D eigenvalue weighted by Gasteiger charge is -2.40. The molecule has 0 unspecified atom stereocenters. The highest BCUT2D eigenvalue weighted by molar-refractivity contribution is 7.93. The Balaban J connectivity index is 1.49. The van der Waals surface area contributed by atoms with E-state index in [-0.39, 0.29) is 19.0 Å². The summed E-state index contributed by atoms with van der Waals surface area (Å²) >= 11 is 1.21. The van der Waals surface area contributed by atoms with Crippen molar-refractivity contribution in [3.8, 4) is 0 Å². The molecule has 23 heavy (non-hydrogen) atoms. The van der Waals surface area contributed by atoms with Crippen molar-refractivity contribution in [1.29, 1.82) is 0 Å². The first-order chi connectivity index (χ1) is 11.1. The summed E-state index contributed by atoms with van der Waals surface area (Å²) in [6, 6.07) is 9.24. The summed E-state index contributed by atoms with van der Waals surface area (Å²) in [5.41, 5.74) is 2.22. The van der Waals surface area contributed by atoms with Gasteiger partial charge in [0.25, 0.3) is 5.91 Å². The Kier molecular flexibility index (Phi) is 3.38. The van der Waals surface area contributed by atoms with Gasteiger partial charge in [0, 0.05) is 25.0 Å². The highest BCUT2D eigenvalue weighted by atomic mass is 32.2. The van der Waals surface area contributed by atoms with E-state index < -0.39 is 15.3 Å². The highest BCUT2D eigenvalue weighted by Crippen LogP contribution is 2.33. The molecule has 0 radical (unpaired) electrons. The van der Waals surface area contributed by atoms with Gasteiger partial charge in [0.05, 0.1) is 5.69 Å². The molecular formula is C15H15N3O3S2. The second kappa shape index (κ2) is 5.31. The Bertz CT molecular complexity index is 843. The summed E-state index contributed by atoms with van der Waals surface area (Å²) in [5.74, 6) is -0.195. The summed E-state index contributed by atoms with van der Waals surface area (Å²) < 4.78 is 31.1. The Morgan fingerprint density at radius 1 is 1.22 bits per heavy atom. The van der Waals surface area contributed by atoms with E-state index in [1.165, 1.54) is 15.8 Å². The van der Waals surface area contributed by atoms with Gasteiger partial charge in [-0.25, -0.2) is 8.42 Å². The van der Waals surface area contributed by atoms with Gasteiger partial charge in [-0.1, -0.05) is 18.2 Å². The minimum absolute atomic E-state index is 0.195. The molecule has 1 fully saturated rings. The quantitative estimate of drug-likeness (QED) is 0.839. The number of likely N-dealkylation sites (tertiary alicyclic amines) is 1. The zero-order valence-electron chi connectivity index (χ0n) is 12.3. The lowest BCUT2D eigenvalue weighted by atomic mass is 10.2. The fourth-order valence-corrected chi connectivity index (χ4v) is 5.43. The third kappa shape index (κ3) is 2.33. The van der Waals surface area contributed by atoms with Crippen molar-refractivity contribution in [2.75, 3.05) is 23.9 Å². The molecule has 1 aromatic heterocycles. The van der Waals surface area contributed by atoms with Crippen molar-refractivity contribution < 1.29 is 13.2 Å². The van der Waals surface area contributed by atoms with Crippen LogP contribution in [0.25, 0.3) is 0 Å². The molecule has 1 saturated heterocycles. The number of hydrogen-bond donors (Lipinski definition) is 0. The number of carbonyl (C=O) groups is 1. The summed E-state index contributed by atoms with van der Waals surface area (Å²) in [4.78, 5) is 13.7. The molecule has 2 aliphatic heterocycles. The van der Waals surface area contributed by atoms with Crippen LogP contribution in [0, 0.1) is 0 Å². The topological polar surface area (TPSA) is 70.6 Å². The van der Waals surface area contributed by atoms with Gasteiger partial charge in [-0.15, -0.1) is 0 Å². The molecule has 120 valence electrons. The smallest absolute Gasteiger partial charge is 0.273 e. The SMILES string of the molecule is O=C(c1ccsn1)N1CC(S(=O)(=O)N2CCc3ccccc32)C1. The van der Waals surface area contributed by atoms with Gasteiger partial charge in [-0.05, 0) is 35.6 Å². The minimum Gasteiger partial charge on any atom is -0.334 e. The van der Waals surface area contributed by atoms with E-state index in [9.17, 15) is 13.2 Å². The summed E-state index contributed by atoms with van der Waals surface area (Å²) in [7, 11) is -3.43. The molecule has 0 saturated carbocycles. The van der Waals surface area contributed by atoms with Crippen molar-refractivity contribution >= 4 is 33.2 Å². The van der Waals surface area contributed by atoms with E-state index in [4.69, 9.17) is 0 Å². The molecule has 2 aliphatic rings. The van der Waals surface area contributed by atoms with Gasteiger partial charge in [-0.2, -0.15) is 4.37 Å². The maximum Gasteiger partial charge on any atom is 0.273 e. The molecule has 3 heterocycles. The van der Waals surface area contributed by atoms with Gasteiger partial charge in [0.1, 0.15) is 10.9 Å². The van der Waals surface area contributed by atoms with Gasteiger partial charge in [0.15, 0.2) is 0 Å². The number of fused-ring (bicyclic) bond motifs is 1. The third-order valence-electron chi connectivity index (χ3n) is 4.37. The van der Waals surface area contributed by atoms with E-state index >= 15 is 0 Å². The van der Waals surface area contributed by atoms with Gasteiger partial charge in [-0.3, -0.25) is 9.10 Å². The molecule has 0 spiro atoms.